The number of imidazole rings is 1. The fraction of sp³-hybridized carbons (Fsp3) is 0.357. The van der Waals surface area contributed by atoms with Crippen LogP contribution in [0.3, 0.4) is 0 Å². The van der Waals surface area contributed by atoms with Gasteiger partial charge in [-0.2, -0.15) is 4.98 Å². The molecule has 0 spiro atoms. The molecule has 0 radical (unpaired) electrons. The van der Waals surface area contributed by atoms with Crippen LogP contribution in [0, 0.1) is 6.92 Å². The molecule has 0 N–H and O–H groups in total. The van der Waals surface area contributed by atoms with Gasteiger partial charge in [0.05, 0.1) is 12.8 Å². The van der Waals surface area contributed by atoms with Crippen LogP contribution in [0.2, 0.25) is 0 Å². The Hall–Kier alpha value is -1.82. The van der Waals surface area contributed by atoms with Gasteiger partial charge in [0.15, 0.2) is 5.65 Å². The maximum atomic E-state index is 5.23. The number of pyridine rings is 1. The molecule has 20 heavy (non-hydrogen) atoms. The number of aryl methyl sites for hydroxylation is 2. The molecule has 104 valence electrons. The summed E-state index contributed by atoms with van der Waals surface area (Å²) in [6, 6.07) is 3.77. The minimum absolute atomic E-state index is 0.589. The van der Waals surface area contributed by atoms with Crippen molar-refractivity contribution in [3.8, 4) is 5.88 Å². The molecule has 0 saturated heterocycles. The number of fused-ring (bicyclic) bond motifs is 3. The number of ether oxygens (including phenoxy) is 1. The molecular weight excluding hydrogens is 272 g/mol. The van der Waals surface area contributed by atoms with Gasteiger partial charge in [-0.15, -0.1) is 11.8 Å². The summed E-state index contributed by atoms with van der Waals surface area (Å²) in [6.45, 7) is 4.11. The predicted octanol–water partition coefficient (Wildman–Crippen LogP) is 2.88. The summed E-state index contributed by atoms with van der Waals surface area (Å²) in [4.78, 5) is 13.9. The Balaban J connectivity index is 2.53. The summed E-state index contributed by atoms with van der Waals surface area (Å²) in [5.74, 6) is 1.59. The van der Waals surface area contributed by atoms with E-state index in [1.54, 1.807) is 18.9 Å². The average molecular weight is 288 g/mol. The zero-order chi connectivity index (χ0) is 14.3. The maximum absolute atomic E-state index is 5.23. The number of hydrogen-bond donors (Lipinski definition) is 0. The predicted molar refractivity (Wildman–Crippen MR) is 80.7 cm³/mol. The van der Waals surface area contributed by atoms with Crippen molar-refractivity contribution in [3.63, 3.8) is 0 Å². The lowest BCUT2D eigenvalue weighted by atomic mass is 10.3. The molecule has 0 aliphatic rings. The van der Waals surface area contributed by atoms with Crippen LogP contribution in [-0.2, 0) is 6.42 Å². The first-order chi connectivity index (χ1) is 9.69. The van der Waals surface area contributed by atoms with Crippen molar-refractivity contribution in [2.75, 3.05) is 13.4 Å². The molecule has 5 nitrogen and oxygen atoms in total. The standard InChI is InChI=1S/C14H16N4OS/c1-5-10-15-8(2)12-14(20-4)16-9-6-7-11(19-3)17-13(9)18(10)12/h6-7H,5H2,1-4H3. The molecule has 6 heteroatoms. The quantitative estimate of drug-likeness (QED) is 0.694. The maximum Gasteiger partial charge on any atom is 0.215 e. The van der Waals surface area contributed by atoms with E-state index in [0.717, 1.165) is 39.6 Å². The third kappa shape index (κ3) is 1.83. The Bertz CT molecular complexity index is 797. The van der Waals surface area contributed by atoms with Gasteiger partial charge < -0.3 is 4.74 Å². The van der Waals surface area contributed by atoms with Crippen molar-refractivity contribution in [1.29, 1.82) is 0 Å². The SMILES string of the molecule is CCc1nc(C)c2c(SC)nc3ccc(OC)nc3n12. The molecule has 3 rings (SSSR count). The van der Waals surface area contributed by atoms with E-state index in [1.165, 1.54) is 0 Å². The van der Waals surface area contributed by atoms with E-state index in [9.17, 15) is 0 Å². The molecule has 0 aliphatic carbocycles. The summed E-state index contributed by atoms with van der Waals surface area (Å²) in [6.07, 6.45) is 2.88. The number of hydrogen-bond acceptors (Lipinski definition) is 5. The van der Waals surface area contributed by atoms with Crippen LogP contribution in [0.4, 0.5) is 0 Å². The fourth-order valence-electron chi connectivity index (χ4n) is 2.40. The summed E-state index contributed by atoms with van der Waals surface area (Å²) >= 11 is 1.63. The van der Waals surface area contributed by atoms with Crippen LogP contribution in [0.15, 0.2) is 17.2 Å². The minimum Gasteiger partial charge on any atom is -0.481 e. The van der Waals surface area contributed by atoms with Crippen molar-refractivity contribution in [2.24, 2.45) is 0 Å². The monoisotopic (exact) mass is 288 g/mol. The van der Waals surface area contributed by atoms with Gasteiger partial charge in [-0.3, -0.25) is 4.40 Å². The lowest BCUT2D eigenvalue weighted by Gasteiger charge is -2.08. The second kappa shape index (κ2) is 4.94. The largest absolute Gasteiger partial charge is 0.481 e. The van der Waals surface area contributed by atoms with Gasteiger partial charge in [0, 0.05) is 12.5 Å². The van der Waals surface area contributed by atoms with Crippen molar-refractivity contribution in [1.82, 2.24) is 19.4 Å². The van der Waals surface area contributed by atoms with Gasteiger partial charge in [0.1, 0.15) is 21.9 Å². The molecule has 3 heterocycles. The van der Waals surface area contributed by atoms with E-state index >= 15 is 0 Å². The van der Waals surface area contributed by atoms with E-state index in [4.69, 9.17) is 4.74 Å². The Labute approximate surface area is 121 Å². The van der Waals surface area contributed by atoms with E-state index in [2.05, 4.69) is 26.3 Å². The molecule has 3 aromatic heterocycles. The fourth-order valence-corrected chi connectivity index (χ4v) is 3.02. The smallest absolute Gasteiger partial charge is 0.215 e. The molecule has 0 fully saturated rings. The Morgan fingerprint density at radius 3 is 2.70 bits per heavy atom. The third-order valence-corrected chi connectivity index (χ3v) is 3.98. The lowest BCUT2D eigenvalue weighted by molar-refractivity contribution is 0.399. The van der Waals surface area contributed by atoms with Crippen LogP contribution in [0.5, 0.6) is 5.88 Å². The van der Waals surface area contributed by atoms with E-state index in [-0.39, 0.29) is 0 Å². The molecule has 0 atom stereocenters. The Morgan fingerprint density at radius 2 is 2.05 bits per heavy atom. The van der Waals surface area contributed by atoms with Gasteiger partial charge in [0.25, 0.3) is 0 Å². The topological polar surface area (TPSA) is 52.3 Å². The van der Waals surface area contributed by atoms with Gasteiger partial charge in [-0.1, -0.05) is 6.92 Å². The first-order valence-electron chi connectivity index (χ1n) is 6.46. The van der Waals surface area contributed by atoms with Crippen molar-refractivity contribution < 1.29 is 4.74 Å². The van der Waals surface area contributed by atoms with Crippen LogP contribution in [-0.4, -0.2) is 32.7 Å². The molecular formula is C14H16N4OS. The molecule has 3 aromatic rings. The zero-order valence-corrected chi connectivity index (χ0v) is 12.8. The van der Waals surface area contributed by atoms with Crippen LogP contribution in [0.25, 0.3) is 16.7 Å². The van der Waals surface area contributed by atoms with Crippen molar-refractivity contribution in [2.45, 2.75) is 25.3 Å². The first kappa shape index (κ1) is 13.2. The lowest BCUT2D eigenvalue weighted by Crippen LogP contribution is -2.01. The highest BCUT2D eigenvalue weighted by molar-refractivity contribution is 7.98. The van der Waals surface area contributed by atoms with Gasteiger partial charge >= 0.3 is 0 Å². The average Bonchev–Trinajstić information content (AvgIpc) is 2.83. The number of aromatic nitrogens is 4. The highest BCUT2D eigenvalue weighted by Crippen LogP contribution is 2.28. The Morgan fingerprint density at radius 1 is 1.25 bits per heavy atom. The highest BCUT2D eigenvalue weighted by atomic mass is 32.2. The van der Waals surface area contributed by atoms with E-state index < -0.39 is 0 Å². The highest BCUT2D eigenvalue weighted by Gasteiger charge is 2.16. The normalized spacial score (nSPS) is 11.4. The molecule has 0 saturated carbocycles. The van der Waals surface area contributed by atoms with Gasteiger partial charge in [0.2, 0.25) is 5.88 Å². The molecule has 0 amide bonds. The first-order valence-corrected chi connectivity index (χ1v) is 7.68. The van der Waals surface area contributed by atoms with Crippen LogP contribution < -0.4 is 4.74 Å². The third-order valence-electron chi connectivity index (χ3n) is 3.31. The summed E-state index contributed by atoms with van der Waals surface area (Å²) in [5, 5.41) is 0.981. The second-order valence-corrected chi connectivity index (χ2v) is 5.26. The molecule has 0 unspecified atom stereocenters. The minimum atomic E-state index is 0.589. The molecule has 0 aliphatic heterocycles. The molecule has 0 bridgehead atoms. The Kier molecular flexibility index (Phi) is 3.25. The second-order valence-electron chi connectivity index (χ2n) is 4.47. The number of nitrogens with zero attached hydrogens (tertiary/aromatic N) is 4. The van der Waals surface area contributed by atoms with Crippen molar-refractivity contribution in [3.05, 3.63) is 23.7 Å². The number of methoxy groups -OCH3 is 1. The van der Waals surface area contributed by atoms with Crippen LogP contribution >= 0.6 is 11.8 Å². The number of thioether (sulfide) groups is 1. The van der Waals surface area contributed by atoms with Gasteiger partial charge in [-0.05, 0) is 19.2 Å². The van der Waals surface area contributed by atoms with E-state index in [1.807, 2.05) is 25.3 Å². The van der Waals surface area contributed by atoms with E-state index in [0.29, 0.717) is 5.88 Å². The van der Waals surface area contributed by atoms with Crippen molar-refractivity contribution >= 4 is 28.4 Å². The number of rotatable bonds is 3. The summed E-state index contributed by atoms with van der Waals surface area (Å²) in [5.41, 5.74) is 3.69. The zero-order valence-electron chi connectivity index (χ0n) is 12.0. The summed E-state index contributed by atoms with van der Waals surface area (Å²) in [7, 11) is 1.62. The van der Waals surface area contributed by atoms with Crippen LogP contribution in [0.1, 0.15) is 18.4 Å². The summed E-state index contributed by atoms with van der Waals surface area (Å²) < 4.78 is 7.33. The molecule has 0 aromatic carbocycles. The van der Waals surface area contributed by atoms with Gasteiger partial charge in [-0.25, -0.2) is 9.97 Å².